The van der Waals surface area contributed by atoms with Crippen LogP contribution in [0.4, 0.5) is 11.4 Å². The number of esters is 2. The summed E-state index contributed by atoms with van der Waals surface area (Å²) >= 11 is 0. The topological polar surface area (TPSA) is 77.0 Å². The second-order valence-corrected chi connectivity index (χ2v) is 5.15. The minimum absolute atomic E-state index is 0.0102. The van der Waals surface area contributed by atoms with Gasteiger partial charge in [-0.1, -0.05) is 36.4 Å². The Hall–Kier alpha value is -3.15. The summed E-state index contributed by atoms with van der Waals surface area (Å²) in [5.74, 6) is -2.14. The summed E-state index contributed by atoms with van der Waals surface area (Å²) in [5, 5.41) is 3.12. The number of aliphatic imine (C=N–C) groups is 1. The highest BCUT2D eigenvalue weighted by molar-refractivity contribution is 6.41. The maximum absolute atomic E-state index is 12.2. The fourth-order valence-electron chi connectivity index (χ4n) is 2.22. The summed E-state index contributed by atoms with van der Waals surface area (Å²) < 4.78 is 9.65. The number of hydrogen-bond donors (Lipinski definition) is 1. The monoisotopic (exact) mass is 340 g/mol. The summed E-state index contributed by atoms with van der Waals surface area (Å²) in [5.41, 5.74) is 1.36. The van der Waals surface area contributed by atoms with E-state index < -0.39 is 17.9 Å². The molecule has 0 bridgehead atoms. The van der Waals surface area contributed by atoms with Crippen molar-refractivity contribution in [1.29, 1.82) is 0 Å². The van der Waals surface area contributed by atoms with Gasteiger partial charge in [0.15, 0.2) is 0 Å². The van der Waals surface area contributed by atoms with Crippen molar-refractivity contribution in [2.24, 2.45) is 10.9 Å². The summed E-state index contributed by atoms with van der Waals surface area (Å²) in [7, 11) is 2.52. The van der Waals surface area contributed by atoms with Gasteiger partial charge in [-0.25, -0.2) is 9.79 Å². The molecule has 0 aliphatic carbocycles. The predicted octanol–water partition coefficient (Wildman–Crippen LogP) is 2.83. The van der Waals surface area contributed by atoms with Crippen molar-refractivity contribution in [3.05, 3.63) is 60.7 Å². The molecule has 0 aliphatic heterocycles. The lowest BCUT2D eigenvalue weighted by Crippen LogP contribution is -2.37. The largest absolute Gasteiger partial charge is 0.468 e. The summed E-state index contributed by atoms with van der Waals surface area (Å²) in [4.78, 5) is 28.7. The maximum atomic E-state index is 12.2. The zero-order chi connectivity index (χ0) is 18.1. The molecule has 0 aliphatic rings. The Bertz CT molecular complexity index is 730. The number of anilines is 1. The first-order valence-corrected chi connectivity index (χ1v) is 7.74. The van der Waals surface area contributed by atoms with Gasteiger partial charge < -0.3 is 14.8 Å². The lowest BCUT2D eigenvalue weighted by atomic mass is 10.0. The van der Waals surface area contributed by atoms with Crippen molar-refractivity contribution < 1.29 is 19.1 Å². The summed E-state index contributed by atoms with van der Waals surface area (Å²) in [6, 6.07) is 18.3. The van der Waals surface area contributed by atoms with Crippen LogP contribution in [0, 0.1) is 5.92 Å². The zero-order valence-electron chi connectivity index (χ0n) is 14.1. The first-order valence-electron chi connectivity index (χ1n) is 7.74. The van der Waals surface area contributed by atoms with Crippen molar-refractivity contribution in [2.45, 2.75) is 0 Å². The molecule has 2 rings (SSSR count). The number of carbonyl (C=O) groups is 2. The third kappa shape index (κ3) is 5.17. The standard InChI is InChI=1S/C19H20N2O4/c1-24-18(22)16(13-20-14-9-5-3-6-10-14)17(19(23)25-2)21-15-11-7-4-8-12-15/h3-12,16,20H,13H2,1-2H3. The highest BCUT2D eigenvalue weighted by Crippen LogP contribution is 2.16. The van der Waals surface area contributed by atoms with E-state index in [1.54, 1.807) is 24.3 Å². The zero-order valence-corrected chi connectivity index (χ0v) is 14.1. The van der Waals surface area contributed by atoms with Gasteiger partial charge in [-0.15, -0.1) is 0 Å². The minimum atomic E-state index is -0.905. The van der Waals surface area contributed by atoms with Gasteiger partial charge in [0.05, 0.1) is 19.9 Å². The molecule has 0 saturated heterocycles. The Morgan fingerprint density at radius 3 is 2.12 bits per heavy atom. The predicted molar refractivity (Wildman–Crippen MR) is 96.0 cm³/mol. The molecule has 0 amide bonds. The van der Waals surface area contributed by atoms with E-state index in [9.17, 15) is 9.59 Å². The van der Waals surface area contributed by atoms with Gasteiger partial charge in [-0.3, -0.25) is 4.79 Å². The van der Waals surface area contributed by atoms with E-state index in [2.05, 4.69) is 10.3 Å². The first kappa shape index (κ1) is 18.2. The van der Waals surface area contributed by atoms with Gasteiger partial charge in [-0.05, 0) is 24.3 Å². The summed E-state index contributed by atoms with van der Waals surface area (Å²) in [6.07, 6.45) is 0. The smallest absolute Gasteiger partial charge is 0.353 e. The van der Waals surface area contributed by atoms with Crippen LogP contribution in [0.3, 0.4) is 0 Å². The molecule has 0 heterocycles. The first-order chi connectivity index (χ1) is 12.2. The average Bonchev–Trinajstić information content (AvgIpc) is 2.67. The molecule has 0 aromatic heterocycles. The molecular formula is C19H20N2O4. The van der Waals surface area contributed by atoms with Crippen LogP contribution >= 0.6 is 0 Å². The molecule has 0 radical (unpaired) electrons. The van der Waals surface area contributed by atoms with Gasteiger partial charge in [0, 0.05) is 12.2 Å². The van der Waals surface area contributed by atoms with E-state index in [1.807, 2.05) is 36.4 Å². The Morgan fingerprint density at radius 1 is 0.960 bits per heavy atom. The van der Waals surface area contributed by atoms with E-state index in [-0.39, 0.29) is 12.3 Å². The third-order valence-electron chi connectivity index (χ3n) is 3.50. The molecule has 130 valence electrons. The van der Waals surface area contributed by atoms with Crippen LogP contribution in [0.5, 0.6) is 0 Å². The van der Waals surface area contributed by atoms with Gasteiger partial charge in [0.1, 0.15) is 11.6 Å². The van der Waals surface area contributed by atoms with Crippen LogP contribution in [0.15, 0.2) is 65.7 Å². The molecule has 2 aromatic rings. The quantitative estimate of drug-likeness (QED) is 0.619. The molecule has 2 aromatic carbocycles. The van der Waals surface area contributed by atoms with Crippen molar-refractivity contribution in [2.75, 3.05) is 26.1 Å². The second-order valence-electron chi connectivity index (χ2n) is 5.15. The lowest BCUT2D eigenvalue weighted by Gasteiger charge is -2.17. The molecule has 1 unspecified atom stereocenters. The van der Waals surface area contributed by atoms with Crippen LogP contribution in [0.25, 0.3) is 0 Å². The number of ether oxygens (including phenoxy) is 2. The normalized spacial score (nSPS) is 12.2. The lowest BCUT2D eigenvalue weighted by molar-refractivity contribution is -0.144. The molecule has 0 spiro atoms. The van der Waals surface area contributed by atoms with E-state index >= 15 is 0 Å². The van der Waals surface area contributed by atoms with E-state index in [1.165, 1.54) is 14.2 Å². The molecule has 0 fully saturated rings. The molecule has 25 heavy (non-hydrogen) atoms. The Morgan fingerprint density at radius 2 is 1.56 bits per heavy atom. The van der Waals surface area contributed by atoms with E-state index in [4.69, 9.17) is 9.47 Å². The Labute approximate surface area is 146 Å². The summed E-state index contributed by atoms with van der Waals surface area (Å²) in [6.45, 7) is 0.150. The number of nitrogens with zero attached hydrogens (tertiary/aromatic N) is 1. The SMILES string of the molecule is COC(=O)C(=Nc1ccccc1)C(CNc1ccccc1)C(=O)OC. The maximum Gasteiger partial charge on any atom is 0.353 e. The Kier molecular flexibility index (Phi) is 6.71. The number of para-hydroxylation sites is 2. The minimum Gasteiger partial charge on any atom is -0.468 e. The van der Waals surface area contributed by atoms with Crippen LogP contribution in [-0.2, 0) is 19.1 Å². The number of benzene rings is 2. The van der Waals surface area contributed by atoms with Gasteiger partial charge in [0.25, 0.3) is 0 Å². The fourth-order valence-corrected chi connectivity index (χ4v) is 2.22. The molecular weight excluding hydrogens is 320 g/mol. The molecule has 0 saturated carbocycles. The number of rotatable bonds is 7. The third-order valence-corrected chi connectivity index (χ3v) is 3.50. The number of hydrogen-bond acceptors (Lipinski definition) is 6. The van der Waals surface area contributed by atoms with Crippen molar-refractivity contribution in [3.63, 3.8) is 0 Å². The second kappa shape index (κ2) is 9.22. The highest BCUT2D eigenvalue weighted by Gasteiger charge is 2.31. The van der Waals surface area contributed by atoms with Crippen molar-refractivity contribution >= 4 is 29.0 Å². The number of carbonyl (C=O) groups excluding carboxylic acids is 2. The Balaban J connectivity index is 2.31. The van der Waals surface area contributed by atoms with E-state index in [0.29, 0.717) is 5.69 Å². The van der Waals surface area contributed by atoms with Gasteiger partial charge in [-0.2, -0.15) is 0 Å². The van der Waals surface area contributed by atoms with Crippen molar-refractivity contribution in [3.8, 4) is 0 Å². The van der Waals surface area contributed by atoms with Crippen LogP contribution < -0.4 is 5.32 Å². The molecule has 6 heteroatoms. The van der Waals surface area contributed by atoms with Crippen LogP contribution in [-0.4, -0.2) is 38.4 Å². The molecule has 1 atom stereocenters. The van der Waals surface area contributed by atoms with Gasteiger partial charge >= 0.3 is 11.9 Å². The van der Waals surface area contributed by atoms with E-state index in [0.717, 1.165) is 5.69 Å². The highest BCUT2D eigenvalue weighted by atomic mass is 16.5. The average molecular weight is 340 g/mol. The fraction of sp³-hybridized carbons (Fsp3) is 0.211. The molecule has 6 nitrogen and oxygen atoms in total. The number of methoxy groups -OCH3 is 2. The number of nitrogens with one attached hydrogen (secondary N) is 1. The van der Waals surface area contributed by atoms with Gasteiger partial charge in [0.2, 0.25) is 0 Å². The van der Waals surface area contributed by atoms with Crippen molar-refractivity contribution in [1.82, 2.24) is 0 Å². The van der Waals surface area contributed by atoms with Crippen LogP contribution in [0.2, 0.25) is 0 Å². The molecule has 1 N–H and O–H groups in total. The van der Waals surface area contributed by atoms with Crippen LogP contribution in [0.1, 0.15) is 0 Å².